The third kappa shape index (κ3) is 5.03. The minimum Gasteiger partial charge on any atom is -0.384 e. The molecule has 0 aliphatic carbocycles. The van der Waals surface area contributed by atoms with Crippen molar-refractivity contribution < 1.29 is 22.4 Å². The molecular weight excluding hydrogens is 298 g/mol. The van der Waals surface area contributed by atoms with Crippen LogP contribution < -0.4 is 0 Å². The van der Waals surface area contributed by atoms with Gasteiger partial charge in [0.25, 0.3) is 5.89 Å². The van der Waals surface area contributed by atoms with Crippen LogP contribution in [0.5, 0.6) is 0 Å². The topological polar surface area (TPSA) is 94.8 Å². The molecule has 21 heavy (non-hydrogen) atoms. The van der Waals surface area contributed by atoms with E-state index in [0.717, 1.165) is 0 Å². The predicted octanol–water partition coefficient (Wildman–Crippen LogP) is 0.199. The zero-order valence-electron chi connectivity index (χ0n) is 12.3. The largest absolute Gasteiger partial charge is 0.384 e. The molecule has 0 amide bonds. The highest BCUT2D eigenvalue weighted by atomic mass is 32.2. The average molecular weight is 319 g/mol. The highest BCUT2D eigenvalue weighted by Gasteiger charge is 2.25. The number of hydrogen-bond donors (Lipinski definition) is 0. The van der Waals surface area contributed by atoms with Crippen LogP contribution in [0.15, 0.2) is 4.52 Å². The Hall–Kier alpha value is -1.03. The Morgan fingerprint density at radius 1 is 1.38 bits per heavy atom. The van der Waals surface area contributed by atoms with Crippen LogP contribution in [0.2, 0.25) is 0 Å². The highest BCUT2D eigenvalue weighted by molar-refractivity contribution is 7.88. The first kappa shape index (κ1) is 16.3. The molecular formula is C12H21N3O5S. The van der Waals surface area contributed by atoms with E-state index < -0.39 is 10.0 Å². The Balaban J connectivity index is 1.73. The summed E-state index contributed by atoms with van der Waals surface area (Å²) in [5.74, 6) is 1.04. The minimum absolute atomic E-state index is 0.0253. The smallest absolute Gasteiger partial charge is 0.252 e. The van der Waals surface area contributed by atoms with Gasteiger partial charge in [-0.05, 0) is 12.8 Å². The normalized spacial score (nSPS) is 18.2. The first-order valence-electron chi connectivity index (χ1n) is 6.86. The van der Waals surface area contributed by atoms with Crippen molar-refractivity contribution >= 4 is 10.0 Å². The highest BCUT2D eigenvalue weighted by Crippen LogP contribution is 2.17. The number of aromatic nitrogens is 2. The van der Waals surface area contributed by atoms with Crippen LogP contribution in [-0.2, 0) is 32.5 Å². The molecule has 0 unspecified atom stereocenters. The lowest BCUT2D eigenvalue weighted by molar-refractivity contribution is -0.00111. The third-order valence-corrected chi connectivity index (χ3v) is 4.66. The van der Waals surface area contributed by atoms with Crippen molar-refractivity contribution in [2.45, 2.75) is 32.0 Å². The van der Waals surface area contributed by atoms with Crippen molar-refractivity contribution in [1.82, 2.24) is 14.4 Å². The van der Waals surface area contributed by atoms with Crippen molar-refractivity contribution in [2.75, 3.05) is 33.1 Å². The van der Waals surface area contributed by atoms with E-state index in [4.69, 9.17) is 14.0 Å². The second kappa shape index (κ2) is 7.30. The summed E-state index contributed by atoms with van der Waals surface area (Å²) in [7, 11) is -1.48. The molecule has 8 nitrogen and oxygen atoms in total. The second-order valence-electron chi connectivity index (χ2n) is 5.02. The number of sulfonamides is 1. The first-order valence-corrected chi connectivity index (χ1v) is 8.71. The van der Waals surface area contributed by atoms with Crippen molar-refractivity contribution in [3.8, 4) is 0 Å². The van der Waals surface area contributed by atoms with E-state index in [0.29, 0.717) is 50.7 Å². The Labute approximate surface area is 124 Å². The van der Waals surface area contributed by atoms with Gasteiger partial charge in [-0.3, -0.25) is 0 Å². The summed E-state index contributed by atoms with van der Waals surface area (Å²) in [5.41, 5.74) is 0. The van der Waals surface area contributed by atoms with Crippen LogP contribution in [0.25, 0.3) is 0 Å². The van der Waals surface area contributed by atoms with Crippen LogP contribution in [0.1, 0.15) is 24.6 Å². The van der Waals surface area contributed by atoms with E-state index in [1.807, 2.05) is 0 Å². The minimum atomic E-state index is -3.10. The van der Waals surface area contributed by atoms with Crippen LogP contribution in [0.4, 0.5) is 0 Å². The average Bonchev–Trinajstić information content (AvgIpc) is 2.90. The summed E-state index contributed by atoms with van der Waals surface area (Å²) in [6.45, 7) is 1.78. The van der Waals surface area contributed by atoms with Crippen molar-refractivity contribution in [3.05, 3.63) is 11.7 Å². The summed E-state index contributed by atoms with van der Waals surface area (Å²) < 4.78 is 40.0. The van der Waals surface area contributed by atoms with E-state index >= 15 is 0 Å². The number of hydrogen-bond acceptors (Lipinski definition) is 7. The molecule has 0 aromatic carbocycles. The molecule has 0 atom stereocenters. The third-order valence-electron chi connectivity index (χ3n) is 3.35. The number of piperidine rings is 1. The van der Waals surface area contributed by atoms with Gasteiger partial charge < -0.3 is 14.0 Å². The Morgan fingerprint density at radius 2 is 2.10 bits per heavy atom. The first-order chi connectivity index (χ1) is 9.99. The lowest BCUT2D eigenvalue weighted by atomic mass is 10.1. The molecule has 1 fully saturated rings. The molecule has 0 N–H and O–H groups in total. The predicted molar refractivity (Wildman–Crippen MR) is 74.1 cm³/mol. The van der Waals surface area contributed by atoms with Gasteiger partial charge in [-0.1, -0.05) is 5.16 Å². The van der Waals surface area contributed by atoms with Crippen LogP contribution >= 0.6 is 0 Å². The maximum absolute atomic E-state index is 11.4. The Kier molecular flexibility index (Phi) is 5.68. The zero-order chi connectivity index (χ0) is 15.3. The summed E-state index contributed by atoms with van der Waals surface area (Å²) in [4.78, 5) is 4.20. The number of methoxy groups -OCH3 is 1. The molecule has 0 radical (unpaired) electrons. The molecule has 0 bridgehead atoms. The maximum atomic E-state index is 11.4. The van der Waals surface area contributed by atoms with Gasteiger partial charge in [-0.25, -0.2) is 12.7 Å². The van der Waals surface area contributed by atoms with E-state index in [1.165, 1.54) is 10.6 Å². The van der Waals surface area contributed by atoms with Gasteiger partial charge in [0.05, 0.1) is 19.0 Å². The fourth-order valence-corrected chi connectivity index (χ4v) is 3.04. The number of rotatable bonds is 7. The molecule has 1 aromatic heterocycles. The van der Waals surface area contributed by atoms with E-state index in [-0.39, 0.29) is 12.7 Å². The summed E-state index contributed by atoms with van der Waals surface area (Å²) in [6.07, 6.45) is 3.22. The lowest BCUT2D eigenvalue weighted by Gasteiger charge is -2.29. The maximum Gasteiger partial charge on any atom is 0.252 e. The van der Waals surface area contributed by atoms with Gasteiger partial charge in [-0.15, -0.1) is 0 Å². The molecule has 1 aliphatic rings. The van der Waals surface area contributed by atoms with Gasteiger partial charge in [-0.2, -0.15) is 4.98 Å². The second-order valence-corrected chi connectivity index (χ2v) is 7.00. The summed E-state index contributed by atoms with van der Waals surface area (Å²) in [6, 6.07) is 0. The molecule has 120 valence electrons. The lowest BCUT2D eigenvalue weighted by Crippen LogP contribution is -2.40. The quantitative estimate of drug-likeness (QED) is 0.708. The van der Waals surface area contributed by atoms with Crippen molar-refractivity contribution in [3.63, 3.8) is 0 Å². The molecule has 9 heteroatoms. The standard InChI is InChI=1S/C12H21N3O5S/c1-18-8-5-11-13-12(20-14-11)9-19-10-3-6-15(7-4-10)21(2,16)17/h10H,3-9H2,1-2H3. The molecule has 1 saturated heterocycles. The fourth-order valence-electron chi connectivity index (χ4n) is 2.16. The van der Waals surface area contributed by atoms with Gasteiger partial charge in [0.15, 0.2) is 5.82 Å². The monoisotopic (exact) mass is 319 g/mol. The molecule has 1 aliphatic heterocycles. The Bertz CT molecular complexity index is 537. The van der Waals surface area contributed by atoms with Crippen LogP contribution in [0, 0.1) is 0 Å². The number of nitrogens with zero attached hydrogens (tertiary/aromatic N) is 3. The van der Waals surface area contributed by atoms with Crippen molar-refractivity contribution in [2.24, 2.45) is 0 Å². The van der Waals surface area contributed by atoms with Crippen LogP contribution in [-0.4, -0.2) is 62.0 Å². The van der Waals surface area contributed by atoms with E-state index in [1.54, 1.807) is 7.11 Å². The molecule has 0 spiro atoms. The molecule has 1 aromatic rings. The SMILES string of the molecule is COCCc1noc(COC2CCN(S(C)(=O)=O)CC2)n1. The summed E-state index contributed by atoms with van der Waals surface area (Å²) >= 11 is 0. The molecule has 0 saturated carbocycles. The number of ether oxygens (including phenoxy) is 2. The van der Waals surface area contributed by atoms with Gasteiger partial charge >= 0.3 is 0 Å². The fraction of sp³-hybridized carbons (Fsp3) is 0.833. The van der Waals surface area contributed by atoms with Crippen LogP contribution in [0.3, 0.4) is 0 Å². The molecule has 2 heterocycles. The Morgan fingerprint density at radius 3 is 2.71 bits per heavy atom. The van der Waals surface area contributed by atoms with E-state index in [9.17, 15) is 8.42 Å². The van der Waals surface area contributed by atoms with Gasteiger partial charge in [0.2, 0.25) is 10.0 Å². The van der Waals surface area contributed by atoms with Crippen molar-refractivity contribution in [1.29, 1.82) is 0 Å². The zero-order valence-corrected chi connectivity index (χ0v) is 13.1. The van der Waals surface area contributed by atoms with Gasteiger partial charge in [0, 0.05) is 26.6 Å². The molecule has 2 rings (SSSR count). The van der Waals surface area contributed by atoms with Gasteiger partial charge in [0.1, 0.15) is 6.61 Å². The van der Waals surface area contributed by atoms with E-state index in [2.05, 4.69) is 10.1 Å². The summed E-state index contributed by atoms with van der Waals surface area (Å²) in [5, 5.41) is 3.83.